The van der Waals surface area contributed by atoms with Gasteiger partial charge in [0, 0.05) is 31.6 Å². The van der Waals surface area contributed by atoms with Crippen molar-refractivity contribution in [2.45, 2.75) is 45.8 Å². The van der Waals surface area contributed by atoms with E-state index in [0.29, 0.717) is 38.0 Å². The molecule has 0 spiro atoms. The van der Waals surface area contributed by atoms with Gasteiger partial charge in [-0.15, -0.1) is 0 Å². The van der Waals surface area contributed by atoms with Crippen molar-refractivity contribution in [3.63, 3.8) is 0 Å². The average molecular weight is 322 g/mol. The summed E-state index contributed by atoms with van der Waals surface area (Å²) in [5, 5.41) is 9.58. The maximum atomic E-state index is 12.7. The van der Waals surface area contributed by atoms with Gasteiger partial charge in [-0.05, 0) is 39.7 Å². The molecule has 1 aliphatic rings. The van der Waals surface area contributed by atoms with Crippen LogP contribution in [0.4, 0.5) is 0 Å². The molecule has 1 unspecified atom stereocenters. The van der Waals surface area contributed by atoms with Gasteiger partial charge in [0.05, 0.1) is 17.9 Å². The van der Waals surface area contributed by atoms with Crippen molar-refractivity contribution in [3.05, 3.63) is 24.2 Å². The number of aliphatic hydroxyl groups excluding tert-OH is 1. The second-order valence-corrected chi connectivity index (χ2v) is 6.51. The van der Waals surface area contributed by atoms with E-state index in [1.807, 2.05) is 13.8 Å². The van der Waals surface area contributed by atoms with Crippen LogP contribution in [0, 0.1) is 5.92 Å². The lowest BCUT2D eigenvalue weighted by molar-refractivity contribution is -0.140. The van der Waals surface area contributed by atoms with Crippen molar-refractivity contribution in [2.24, 2.45) is 5.92 Å². The van der Waals surface area contributed by atoms with Crippen molar-refractivity contribution in [1.82, 2.24) is 9.80 Å². The number of hydrogen-bond acceptors (Lipinski definition) is 4. The summed E-state index contributed by atoms with van der Waals surface area (Å²) < 4.78 is 4.95. The Labute approximate surface area is 137 Å². The summed E-state index contributed by atoms with van der Waals surface area (Å²) >= 11 is 0. The summed E-state index contributed by atoms with van der Waals surface area (Å²) in [7, 11) is 0. The molecule has 1 fully saturated rings. The van der Waals surface area contributed by atoms with Crippen LogP contribution >= 0.6 is 0 Å². The van der Waals surface area contributed by atoms with Gasteiger partial charge in [0.1, 0.15) is 6.26 Å². The standard InChI is InChI=1S/C17H26N2O4/c1-12(2)19(10-13(3)20)17(22)14-4-7-18(8-5-14)16(21)15-6-9-23-11-15/h6,9,11-14,20H,4-5,7-8,10H2,1-3H3. The maximum Gasteiger partial charge on any atom is 0.257 e. The molecule has 0 aromatic carbocycles. The minimum Gasteiger partial charge on any atom is -0.472 e. The zero-order valence-electron chi connectivity index (χ0n) is 14.1. The molecule has 6 nitrogen and oxygen atoms in total. The summed E-state index contributed by atoms with van der Waals surface area (Å²) in [6.45, 7) is 7.09. The molecule has 6 heteroatoms. The highest BCUT2D eigenvalue weighted by atomic mass is 16.3. The molecular formula is C17H26N2O4. The molecule has 1 aromatic heterocycles. The first-order chi connectivity index (χ1) is 10.9. The van der Waals surface area contributed by atoms with Gasteiger partial charge in [0.25, 0.3) is 5.91 Å². The molecule has 1 saturated heterocycles. The van der Waals surface area contributed by atoms with E-state index in [1.165, 1.54) is 12.5 Å². The summed E-state index contributed by atoms with van der Waals surface area (Å²) in [6.07, 6.45) is 3.71. The SMILES string of the molecule is CC(O)CN(C(=O)C1CCN(C(=O)c2ccoc2)CC1)C(C)C. The van der Waals surface area contributed by atoms with Crippen molar-refractivity contribution < 1.29 is 19.1 Å². The topological polar surface area (TPSA) is 74.0 Å². The van der Waals surface area contributed by atoms with Crippen LogP contribution < -0.4 is 0 Å². The van der Waals surface area contributed by atoms with E-state index >= 15 is 0 Å². The van der Waals surface area contributed by atoms with Gasteiger partial charge in [-0.25, -0.2) is 0 Å². The third-order valence-corrected chi connectivity index (χ3v) is 4.27. The van der Waals surface area contributed by atoms with Gasteiger partial charge in [0.15, 0.2) is 0 Å². The van der Waals surface area contributed by atoms with Crippen molar-refractivity contribution in [3.8, 4) is 0 Å². The number of piperidine rings is 1. The third kappa shape index (κ3) is 4.34. The predicted molar refractivity (Wildman–Crippen MR) is 85.9 cm³/mol. The Bertz CT molecular complexity index is 517. The van der Waals surface area contributed by atoms with E-state index in [0.717, 1.165) is 0 Å². The summed E-state index contributed by atoms with van der Waals surface area (Å²) in [5.41, 5.74) is 0.549. The first kappa shape index (κ1) is 17.5. The van der Waals surface area contributed by atoms with Crippen LogP contribution in [0.1, 0.15) is 44.0 Å². The zero-order valence-corrected chi connectivity index (χ0v) is 14.1. The number of nitrogens with zero attached hydrogens (tertiary/aromatic N) is 2. The summed E-state index contributed by atoms with van der Waals surface area (Å²) in [6, 6.07) is 1.71. The molecule has 128 valence electrons. The van der Waals surface area contributed by atoms with E-state index in [1.54, 1.807) is 22.8 Å². The third-order valence-electron chi connectivity index (χ3n) is 4.27. The molecule has 2 heterocycles. The average Bonchev–Trinajstić information content (AvgIpc) is 3.05. The van der Waals surface area contributed by atoms with Crippen LogP contribution in [0.3, 0.4) is 0 Å². The molecule has 2 rings (SSSR count). The second-order valence-electron chi connectivity index (χ2n) is 6.51. The number of furan rings is 1. The highest BCUT2D eigenvalue weighted by molar-refractivity contribution is 5.94. The van der Waals surface area contributed by atoms with E-state index in [-0.39, 0.29) is 23.8 Å². The fourth-order valence-corrected chi connectivity index (χ4v) is 2.97. The van der Waals surface area contributed by atoms with Crippen molar-refractivity contribution in [1.29, 1.82) is 0 Å². The van der Waals surface area contributed by atoms with E-state index < -0.39 is 6.10 Å². The summed E-state index contributed by atoms with van der Waals surface area (Å²) in [5.74, 6) is -0.0461. The number of amides is 2. The van der Waals surface area contributed by atoms with Crippen molar-refractivity contribution in [2.75, 3.05) is 19.6 Å². The molecular weight excluding hydrogens is 296 g/mol. The lowest BCUT2D eigenvalue weighted by atomic mass is 9.94. The van der Waals surface area contributed by atoms with Gasteiger partial charge in [-0.3, -0.25) is 9.59 Å². The molecule has 2 amide bonds. The van der Waals surface area contributed by atoms with Gasteiger partial charge in [0.2, 0.25) is 5.91 Å². The van der Waals surface area contributed by atoms with Gasteiger partial charge < -0.3 is 19.3 Å². The van der Waals surface area contributed by atoms with E-state index in [9.17, 15) is 14.7 Å². The predicted octanol–water partition coefficient (Wildman–Crippen LogP) is 1.75. The number of hydrogen-bond donors (Lipinski definition) is 1. The highest BCUT2D eigenvalue weighted by Gasteiger charge is 2.32. The smallest absolute Gasteiger partial charge is 0.257 e. The fraction of sp³-hybridized carbons (Fsp3) is 0.647. The normalized spacial score (nSPS) is 17.3. The minimum atomic E-state index is -0.538. The number of carbonyl (C=O) groups excluding carboxylic acids is 2. The largest absolute Gasteiger partial charge is 0.472 e. The van der Waals surface area contributed by atoms with Crippen LogP contribution in [0.2, 0.25) is 0 Å². The Hall–Kier alpha value is -1.82. The molecule has 0 bridgehead atoms. The van der Waals surface area contributed by atoms with Gasteiger partial charge in [-0.1, -0.05) is 0 Å². The van der Waals surface area contributed by atoms with Crippen LogP contribution in [0.15, 0.2) is 23.0 Å². The molecule has 0 saturated carbocycles. The van der Waals surface area contributed by atoms with Crippen LogP contribution in [0.25, 0.3) is 0 Å². The van der Waals surface area contributed by atoms with E-state index in [4.69, 9.17) is 4.42 Å². The molecule has 23 heavy (non-hydrogen) atoms. The second kappa shape index (κ2) is 7.64. The Balaban J connectivity index is 1.92. The van der Waals surface area contributed by atoms with Crippen LogP contribution in [0.5, 0.6) is 0 Å². The molecule has 1 atom stereocenters. The first-order valence-corrected chi connectivity index (χ1v) is 8.20. The lowest BCUT2D eigenvalue weighted by Gasteiger charge is -2.36. The Kier molecular flexibility index (Phi) is 5.82. The van der Waals surface area contributed by atoms with Crippen molar-refractivity contribution >= 4 is 11.8 Å². The fourth-order valence-electron chi connectivity index (χ4n) is 2.97. The Morgan fingerprint density at radius 2 is 2.00 bits per heavy atom. The first-order valence-electron chi connectivity index (χ1n) is 8.20. The minimum absolute atomic E-state index is 0.0469. The van der Waals surface area contributed by atoms with E-state index in [2.05, 4.69) is 0 Å². The highest BCUT2D eigenvalue weighted by Crippen LogP contribution is 2.22. The molecule has 1 aromatic rings. The van der Waals surface area contributed by atoms with Gasteiger partial charge >= 0.3 is 0 Å². The molecule has 0 radical (unpaired) electrons. The molecule has 1 N–H and O–H groups in total. The van der Waals surface area contributed by atoms with Gasteiger partial charge in [-0.2, -0.15) is 0 Å². The molecule has 1 aliphatic heterocycles. The summed E-state index contributed by atoms with van der Waals surface area (Å²) in [4.78, 5) is 28.4. The monoisotopic (exact) mass is 322 g/mol. The maximum absolute atomic E-state index is 12.7. The van der Waals surface area contributed by atoms with Crippen LogP contribution in [-0.2, 0) is 4.79 Å². The number of carbonyl (C=O) groups is 2. The number of aliphatic hydroxyl groups is 1. The number of rotatable bonds is 5. The quantitative estimate of drug-likeness (QED) is 0.896. The number of likely N-dealkylation sites (tertiary alicyclic amines) is 1. The molecule has 0 aliphatic carbocycles. The zero-order chi connectivity index (χ0) is 17.0. The van der Waals surface area contributed by atoms with Crippen LogP contribution in [-0.4, -0.2) is 58.5 Å². The Morgan fingerprint density at radius 1 is 1.35 bits per heavy atom. The Morgan fingerprint density at radius 3 is 2.48 bits per heavy atom. The lowest BCUT2D eigenvalue weighted by Crippen LogP contribution is -2.48.